The van der Waals surface area contributed by atoms with Crippen molar-refractivity contribution in [2.75, 3.05) is 19.7 Å². The molecule has 1 aliphatic heterocycles. The molecule has 2 atom stereocenters. The Bertz CT molecular complexity index is 277. The maximum absolute atomic E-state index is 12.0. The van der Waals surface area contributed by atoms with Gasteiger partial charge in [-0.05, 0) is 50.0 Å². The molecular formula is C13H24N2O2. The minimum absolute atomic E-state index is 0.0105. The third kappa shape index (κ3) is 3.42. The van der Waals surface area contributed by atoms with Crippen LogP contribution in [0.25, 0.3) is 0 Å². The molecule has 17 heavy (non-hydrogen) atoms. The van der Waals surface area contributed by atoms with Gasteiger partial charge in [0.25, 0.3) is 0 Å². The van der Waals surface area contributed by atoms with Gasteiger partial charge >= 0.3 is 0 Å². The molecule has 2 unspecified atom stereocenters. The first-order valence-corrected chi connectivity index (χ1v) is 6.77. The third-order valence-corrected chi connectivity index (χ3v) is 4.22. The molecule has 2 rings (SSSR count). The summed E-state index contributed by atoms with van der Waals surface area (Å²) in [6.07, 6.45) is 5.21. The van der Waals surface area contributed by atoms with Crippen molar-refractivity contribution in [2.45, 2.75) is 45.1 Å². The minimum atomic E-state index is -0.0105. The molecule has 0 aromatic rings. The summed E-state index contributed by atoms with van der Waals surface area (Å²) < 4.78 is 0. The number of rotatable bonds is 5. The lowest BCUT2D eigenvalue weighted by Gasteiger charge is -2.28. The topological polar surface area (TPSA) is 61.4 Å². The molecule has 98 valence electrons. The standard InChI is InChI=1S/C13H24N2O2/c1-10-2-6-14-11(8-10)12(17)15-9-13(3-4-13)5-7-16/h10-11,14,16H,2-9H2,1H3,(H,15,17). The molecule has 1 saturated carbocycles. The van der Waals surface area contributed by atoms with Crippen LogP contribution in [0.3, 0.4) is 0 Å². The third-order valence-electron chi connectivity index (χ3n) is 4.22. The van der Waals surface area contributed by atoms with E-state index in [9.17, 15) is 4.79 Å². The van der Waals surface area contributed by atoms with Crippen LogP contribution in [-0.2, 0) is 4.79 Å². The lowest BCUT2D eigenvalue weighted by molar-refractivity contribution is -0.124. The van der Waals surface area contributed by atoms with Crippen LogP contribution in [0.2, 0.25) is 0 Å². The van der Waals surface area contributed by atoms with Gasteiger partial charge in [0.15, 0.2) is 0 Å². The van der Waals surface area contributed by atoms with E-state index in [1.807, 2.05) is 0 Å². The van der Waals surface area contributed by atoms with E-state index in [4.69, 9.17) is 5.11 Å². The van der Waals surface area contributed by atoms with Crippen LogP contribution >= 0.6 is 0 Å². The molecule has 2 aliphatic rings. The Morgan fingerprint density at radius 2 is 2.29 bits per heavy atom. The Labute approximate surface area is 103 Å². The Balaban J connectivity index is 1.73. The van der Waals surface area contributed by atoms with E-state index in [0.717, 1.165) is 45.2 Å². The molecular weight excluding hydrogens is 216 g/mol. The van der Waals surface area contributed by atoms with Crippen molar-refractivity contribution in [2.24, 2.45) is 11.3 Å². The van der Waals surface area contributed by atoms with Gasteiger partial charge in [-0.25, -0.2) is 0 Å². The largest absolute Gasteiger partial charge is 0.396 e. The van der Waals surface area contributed by atoms with Crippen LogP contribution in [0.4, 0.5) is 0 Å². The van der Waals surface area contributed by atoms with Gasteiger partial charge in [-0.1, -0.05) is 6.92 Å². The molecule has 1 heterocycles. The van der Waals surface area contributed by atoms with E-state index in [2.05, 4.69) is 17.6 Å². The number of aliphatic hydroxyl groups excluding tert-OH is 1. The molecule has 2 fully saturated rings. The fourth-order valence-electron chi connectivity index (χ4n) is 2.63. The predicted molar refractivity (Wildman–Crippen MR) is 66.6 cm³/mol. The number of carbonyl (C=O) groups excluding carboxylic acids is 1. The fraction of sp³-hybridized carbons (Fsp3) is 0.923. The van der Waals surface area contributed by atoms with Crippen molar-refractivity contribution in [3.05, 3.63) is 0 Å². The molecule has 0 spiro atoms. The molecule has 1 saturated heterocycles. The van der Waals surface area contributed by atoms with Crippen LogP contribution in [0, 0.1) is 11.3 Å². The zero-order chi connectivity index (χ0) is 12.3. The van der Waals surface area contributed by atoms with Gasteiger partial charge in [-0.2, -0.15) is 0 Å². The molecule has 1 amide bonds. The monoisotopic (exact) mass is 240 g/mol. The molecule has 0 aromatic heterocycles. The zero-order valence-electron chi connectivity index (χ0n) is 10.7. The van der Waals surface area contributed by atoms with E-state index in [1.54, 1.807) is 0 Å². The van der Waals surface area contributed by atoms with Crippen LogP contribution in [0.5, 0.6) is 0 Å². The average molecular weight is 240 g/mol. The van der Waals surface area contributed by atoms with Gasteiger partial charge in [0.1, 0.15) is 0 Å². The van der Waals surface area contributed by atoms with Crippen molar-refractivity contribution in [1.29, 1.82) is 0 Å². The van der Waals surface area contributed by atoms with Gasteiger partial charge in [-0.15, -0.1) is 0 Å². The number of piperidine rings is 1. The van der Waals surface area contributed by atoms with Gasteiger partial charge in [-0.3, -0.25) is 4.79 Å². The first-order chi connectivity index (χ1) is 8.15. The highest BCUT2D eigenvalue weighted by Crippen LogP contribution is 2.47. The van der Waals surface area contributed by atoms with E-state index >= 15 is 0 Å². The molecule has 1 aliphatic carbocycles. The molecule has 0 aromatic carbocycles. The van der Waals surface area contributed by atoms with Crippen LogP contribution in [-0.4, -0.2) is 36.8 Å². The lowest BCUT2D eigenvalue weighted by Crippen LogP contribution is -2.49. The van der Waals surface area contributed by atoms with Gasteiger partial charge in [0, 0.05) is 13.2 Å². The fourth-order valence-corrected chi connectivity index (χ4v) is 2.63. The molecule has 4 heteroatoms. The van der Waals surface area contributed by atoms with E-state index in [0.29, 0.717) is 5.92 Å². The first-order valence-electron chi connectivity index (χ1n) is 6.77. The highest BCUT2D eigenvalue weighted by Gasteiger charge is 2.42. The number of amides is 1. The van der Waals surface area contributed by atoms with Crippen molar-refractivity contribution in [3.63, 3.8) is 0 Å². The van der Waals surface area contributed by atoms with E-state index in [-0.39, 0.29) is 24.0 Å². The summed E-state index contributed by atoms with van der Waals surface area (Å²) in [5, 5.41) is 15.3. The number of carbonyl (C=O) groups is 1. The summed E-state index contributed by atoms with van der Waals surface area (Å²) in [5.74, 6) is 0.778. The SMILES string of the molecule is CC1CCNC(C(=O)NCC2(CCO)CC2)C1. The number of aliphatic hydroxyl groups is 1. The second-order valence-corrected chi connectivity index (χ2v) is 5.83. The molecule has 0 radical (unpaired) electrons. The van der Waals surface area contributed by atoms with Crippen molar-refractivity contribution >= 4 is 5.91 Å². The van der Waals surface area contributed by atoms with Gasteiger partial charge < -0.3 is 15.7 Å². The summed E-state index contributed by atoms with van der Waals surface area (Å²) in [5.41, 5.74) is 0.213. The maximum atomic E-state index is 12.0. The normalized spacial score (nSPS) is 30.9. The zero-order valence-corrected chi connectivity index (χ0v) is 10.7. The van der Waals surface area contributed by atoms with Crippen LogP contribution < -0.4 is 10.6 Å². The summed E-state index contributed by atoms with van der Waals surface area (Å²) in [4.78, 5) is 12.0. The summed E-state index contributed by atoms with van der Waals surface area (Å²) in [6.45, 7) is 4.11. The van der Waals surface area contributed by atoms with Crippen molar-refractivity contribution in [1.82, 2.24) is 10.6 Å². The summed E-state index contributed by atoms with van der Waals surface area (Å²) in [7, 11) is 0. The highest BCUT2D eigenvalue weighted by atomic mass is 16.3. The highest BCUT2D eigenvalue weighted by molar-refractivity contribution is 5.81. The summed E-state index contributed by atoms with van der Waals surface area (Å²) in [6, 6.07) is -0.0105. The first kappa shape index (κ1) is 12.8. The minimum Gasteiger partial charge on any atom is -0.396 e. The Kier molecular flexibility index (Phi) is 4.05. The van der Waals surface area contributed by atoms with E-state index in [1.165, 1.54) is 0 Å². The number of hydrogen-bond donors (Lipinski definition) is 3. The average Bonchev–Trinajstić information content (AvgIpc) is 3.07. The van der Waals surface area contributed by atoms with Crippen LogP contribution in [0.1, 0.15) is 39.0 Å². The van der Waals surface area contributed by atoms with Gasteiger partial charge in [0.2, 0.25) is 5.91 Å². The Morgan fingerprint density at radius 1 is 1.53 bits per heavy atom. The van der Waals surface area contributed by atoms with Gasteiger partial charge in [0.05, 0.1) is 6.04 Å². The number of hydrogen-bond acceptors (Lipinski definition) is 3. The predicted octanol–water partition coefficient (Wildman–Crippen LogP) is 0.653. The lowest BCUT2D eigenvalue weighted by atomic mass is 9.93. The molecule has 3 N–H and O–H groups in total. The Hall–Kier alpha value is -0.610. The smallest absolute Gasteiger partial charge is 0.237 e. The maximum Gasteiger partial charge on any atom is 0.237 e. The summed E-state index contributed by atoms with van der Waals surface area (Å²) >= 11 is 0. The van der Waals surface area contributed by atoms with E-state index < -0.39 is 0 Å². The quantitative estimate of drug-likeness (QED) is 0.661. The number of nitrogens with one attached hydrogen (secondary N) is 2. The van der Waals surface area contributed by atoms with Crippen molar-refractivity contribution in [3.8, 4) is 0 Å². The molecule has 0 bridgehead atoms. The molecule has 4 nitrogen and oxygen atoms in total. The second kappa shape index (κ2) is 5.36. The Morgan fingerprint density at radius 3 is 2.88 bits per heavy atom. The second-order valence-electron chi connectivity index (χ2n) is 5.83. The van der Waals surface area contributed by atoms with Crippen LogP contribution in [0.15, 0.2) is 0 Å². The van der Waals surface area contributed by atoms with Crippen molar-refractivity contribution < 1.29 is 9.90 Å².